The number of thioether (sulfide) groups is 1. The number of anilines is 1. The molecule has 5 nitrogen and oxygen atoms in total. The molecular formula is C12H9N3O2S2. The van der Waals surface area contributed by atoms with E-state index in [0.29, 0.717) is 16.3 Å². The summed E-state index contributed by atoms with van der Waals surface area (Å²) in [6, 6.07) is 6.91. The monoisotopic (exact) mass is 291 g/mol. The number of carbonyl (C=O) groups excluding carboxylic acids is 1. The SMILES string of the molecule is Cc1[nH]c(=O)sc1C(=O)Nc1ccc(SC#N)cc1. The van der Waals surface area contributed by atoms with Crippen LogP contribution in [0.5, 0.6) is 0 Å². The lowest BCUT2D eigenvalue weighted by atomic mass is 10.3. The summed E-state index contributed by atoms with van der Waals surface area (Å²) in [6.45, 7) is 1.68. The highest BCUT2D eigenvalue weighted by atomic mass is 32.2. The molecule has 19 heavy (non-hydrogen) atoms. The number of hydrogen-bond acceptors (Lipinski definition) is 5. The molecule has 0 unspecified atom stereocenters. The lowest BCUT2D eigenvalue weighted by Crippen LogP contribution is -2.11. The molecule has 2 aromatic rings. The molecule has 0 atom stereocenters. The average molecular weight is 291 g/mol. The molecule has 7 heteroatoms. The predicted octanol–water partition coefficient (Wildman–Crippen LogP) is 2.57. The Morgan fingerprint density at radius 3 is 2.63 bits per heavy atom. The zero-order valence-electron chi connectivity index (χ0n) is 9.89. The minimum absolute atomic E-state index is 0.247. The summed E-state index contributed by atoms with van der Waals surface area (Å²) < 4.78 is 0. The van der Waals surface area contributed by atoms with Gasteiger partial charge in [0.15, 0.2) is 0 Å². The number of thiazole rings is 1. The van der Waals surface area contributed by atoms with Crippen LogP contribution in [0.4, 0.5) is 5.69 Å². The van der Waals surface area contributed by atoms with Crippen molar-refractivity contribution in [3.05, 3.63) is 44.5 Å². The van der Waals surface area contributed by atoms with Crippen LogP contribution in [-0.2, 0) is 0 Å². The number of thiocyanates is 1. The third-order valence-corrected chi connectivity index (χ3v) is 3.89. The quantitative estimate of drug-likeness (QED) is 0.672. The predicted molar refractivity (Wildman–Crippen MR) is 75.5 cm³/mol. The Hall–Kier alpha value is -2.04. The van der Waals surface area contributed by atoms with Gasteiger partial charge in [0, 0.05) is 16.3 Å². The van der Waals surface area contributed by atoms with Crippen molar-refractivity contribution in [2.24, 2.45) is 0 Å². The van der Waals surface area contributed by atoms with Crippen LogP contribution in [0.1, 0.15) is 15.4 Å². The highest BCUT2D eigenvalue weighted by Crippen LogP contribution is 2.20. The first-order valence-corrected chi connectivity index (χ1v) is 6.90. The lowest BCUT2D eigenvalue weighted by Gasteiger charge is -2.04. The van der Waals surface area contributed by atoms with Gasteiger partial charge in [0.25, 0.3) is 5.91 Å². The molecule has 1 amide bonds. The zero-order valence-corrected chi connectivity index (χ0v) is 11.5. The highest BCUT2D eigenvalue weighted by molar-refractivity contribution is 8.03. The molecule has 0 aliphatic carbocycles. The van der Waals surface area contributed by atoms with Crippen molar-refractivity contribution >= 4 is 34.7 Å². The maximum atomic E-state index is 11.9. The number of nitrogens with one attached hydrogen (secondary N) is 2. The molecule has 0 spiro atoms. The molecule has 0 saturated heterocycles. The second kappa shape index (κ2) is 5.73. The molecule has 0 radical (unpaired) electrons. The lowest BCUT2D eigenvalue weighted by molar-refractivity contribution is 0.103. The summed E-state index contributed by atoms with van der Waals surface area (Å²) in [5, 5.41) is 13.2. The van der Waals surface area contributed by atoms with E-state index in [-0.39, 0.29) is 10.8 Å². The minimum Gasteiger partial charge on any atom is -0.321 e. The number of aromatic amines is 1. The number of nitrogens with zero attached hydrogens (tertiary/aromatic N) is 1. The maximum Gasteiger partial charge on any atom is 0.305 e. The van der Waals surface area contributed by atoms with Crippen LogP contribution in [0.25, 0.3) is 0 Å². The molecule has 1 aromatic carbocycles. The fourth-order valence-corrected chi connectivity index (χ4v) is 2.58. The summed E-state index contributed by atoms with van der Waals surface area (Å²) in [4.78, 5) is 26.6. The topological polar surface area (TPSA) is 85.8 Å². The highest BCUT2D eigenvalue weighted by Gasteiger charge is 2.13. The summed E-state index contributed by atoms with van der Waals surface area (Å²) in [5.74, 6) is -0.318. The van der Waals surface area contributed by atoms with E-state index in [1.165, 1.54) is 0 Å². The molecule has 0 bridgehead atoms. The number of H-pyrrole nitrogens is 1. The number of hydrogen-bond donors (Lipinski definition) is 2. The second-order valence-electron chi connectivity index (χ2n) is 3.64. The number of carbonyl (C=O) groups is 1. The van der Waals surface area contributed by atoms with E-state index in [4.69, 9.17) is 5.26 Å². The minimum atomic E-state index is -0.318. The van der Waals surface area contributed by atoms with Crippen LogP contribution in [0.15, 0.2) is 34.0 Å². The molecule has 1 aromatic heterocycles. The van der Waals surface area contributed by atoms with Crippen LogP contribution in [-0.4, -0.2) is 10.9 Å². The van der Waals surface area contributed by atoms with E-state index in [0.717, 1.165) is 28.0 Å². The van der Waals surface area contributed by atoms with Crippen LogP contribution in [0.3, 0.4) is 0 Å². The number of amides is 1. The van der Waals surface area contributed by atoms with Crippen LogP contribution in [0, 0.1) is 17.6 Å². The van der Waals surface area contributed by atoms with E-state index in [1.54, 1.807) is 31.2 Å². The van der Waals surface area contributed by atoms with E-state index in [2.05, 4.69) is 10.3 Å². The maximum absolute atomic E-state index is 11.9. The smallest absolute Gasteiger partial charge is 0.305 e. The normalized spacial score (nSPS) is 9.89. The van der Waals surface area contributed by atoms with E-state index in [9.17, 15) is 9.59 Å². The van der Waals surface area contributed by atoms with Gasteiger partial charge in [0.2, 0.25) is 0 Å². The van der Waals surface area contributed by atoms with Crippen LogP contribution < -0.4 is 10.2 Å². The van der Waals surface area contributed by atoms with E-state index >= 15 is 0 Å². The molecule has 0 saturated carbocycles. The van der Waals surface area contributed by atoms with Crippen molar-refractivity contribution < 1.29 is 4.79 Å². The Balaban J connectivity index is 2.13. The standard InChI is InChI=1S/C12H9N3O2S2/c1-7-10(19-12(17)14-7)11(16)15-8-2-4-9(5-3-8)18-6-13/h2-5H,1H3,(H,14,17)(H,15,16). The first-order valence-electron chi connectivity index (χ1n) is 5.27. The van der Waals surface area contributed by atoms with Gasteiger partial charge in [0.05, 0.1) is 0 Å². The Morgan fingerprint density at radius 2 is 2.11 bits per heavy atom. The summed E-state index contributed by atoms with van der Waals surface area (Å²) in [7, 11) is 0. The Bertz CT molecular complexity index is 695. The van der Waals surface area contributed by atoms with Gasteiger partial charge < -0.3 is 10.3 Å². The van der Waals surface area contributed by atoms with Gasteiger partial charge in [-0.15, -0.1) is 0 Å². The van der Waals surface area contributed by atoms with Crippen molar-refractivity contribution in [3.8, 4) is 5.40 Å². The first-order chi connectivity index (χ1) is 9.10. The van der Waals surface area contributed by atoms with Crippen molar-refractivity contribution in [2.45, 2.75) is 11.8 Å². The number of aryl methyl sites for hydroxylation is 1. The van der Waals surface area contributed by atoms with Gasteiger partial charge >= 0.3 is 4.87 Å². The largest absolute Gasteiger partial charge is 0.321 e. The van der Waals surface area contributed by atoms with Crippen molar-refractivity contribution in [1.82, 2.24) is 4.98 Å². The number of aromatic nitrogens is 1. The van der Waals surface area contributed by atoms with Gasteiger partial charge in [-0.3, -0.25) is 9.59 Å². The van der Waals surface area contributed by atoms with Gasteiger partial charge in [-0.05, 0) is 43.0 Å². The fourth-order valence-electron chi connectivity index (χ4n) is 1.47. The first kappa shape index (κ1) is 13.4. The van der Waals surface area contributed by atoms with E-state index < -0.39 is 0 Å². The molecule has 0 fully saturated rings. The molecule has 0 aliphatic heterocycles. The third kappa shape index (κ3) is 3.24. The second-order valence-corrected chi connectivity index (χ2v) is 5.48. The van der Waals surface area contributed by atoms with Gasteiger partial charge in [-0.2, -0.15) is 5.26 Å². The number of rotatable bonds is 3. The Morgan fingerprint density at radius 1 is 1.42 bits per heavy atom. The van der Waals surface area contributed by atoms with Crippen LogP contribution >= 0.6 is 23.1 Å². The van der Waals surface area contributed by atoms with Crippen molar-refractivity contribution in [1.29, 1.82) is 5.26 Å². The number of benzene rings is 1. The molecule has 2 N–H and O–H groups in total. The molecular weight excluding hydrogens is 282 g/mol. The van der Waals surface area contributed by atoms with Crippen molar-refractivity contribution in [3.63, 3.8) is 0 Å². The van der Waals surface area contributed by atoms with E-state index in [1.807, 2.05) is 5.40 Å². The Labute approximate surface area is 117 Å². The third-order valence-electron chi connectivity index (χ3n) is 2.31. The van der Waals surface area contributed by atoms with Gasteiger partial charge in [-0.1, -0.05) is 11.3 Å². The van der Waals surface area contributed by atoms with Crippen molar-refractivity contribution in [2.75, 3.05) is 5.32 Å². The number of nitriles is 1. The van der Waals surface area contributed by atoms with Gasteiger partial charge in [-0.25, -0.2) is 0 Å². The summed E-state index contributed by atoms with van der Waals surface area (Å²) in [5.41, 5.74) is 1.18. The molecule has 0 aliphatic rings. The molecule has 1 heterocycles. The summed E-state index contributed by atoms with van der Waals surface area (Å²) >= 11 is 1.94. The molecule has 96 valence electrons. The van der Waals surface area contributed by atoms with Crippen LogP contribution in [0.2, 0.25) is 0 Å². The zero-order chi connectivity index (χ0) is 13.8. The summed E-state index contributed by atoms with van der Waals surface area (Å²) in [6.07, 6.45) is 0. The molecule has 2 rings (SSSR count). The fraction of sp³-hybridized carbons (Fsp3) is 0.0833. The Kier molecular flexibility index (Phi) is 4.04. The average Bonchev–Trinajstić information content (AvgIpc) is 2.71. The van der Waals surface area contributed by atoms with Gasteiger partial charge in [0.1, 0.15) is 10.3 Å².